The fraction of sp³-hybridized carbons (Fsp3) is 0.389. The van der Waals surface area contributed by atoms with Gasteiger partial charge in [-0.2, -0.15) is 0 Å². The molecule has 0 unspecified atom stereocenters. The first kappa shape index (κ1) is 14.9. The summed E-state index contributed by atoms with van der Waals surface area (Å²) in [6.45, 7) is 4.62. The standard InChI is InChI=1S/C18H21NO3/c1-13(18(20)19-7-9-22-10-8-19)14-3-4-16-12-17(21-2)6-5-15(16)11-14/h3-6,11-13H,7-10H2,1-2H3/t13-/m0/s1. The summed E-state index contributed by atoms with van der Waals surface area (Å²) in [4.78, 5) is 14.5. The molecule has 2 aromatic carbocycles. The minimum Gasteiger partial charge on any atom is -0.497 e. The van der Waals surface area contributed by atoms with Gasteiger partial charge in [0, 0.05) is 13.1 Å². The van der Waals surface area contributed by atoms with Gasteiger partial charge in [0.25, 0.3) is 0 Å². The summed E-state index contributed by atoms with van der Waals surface area (Å²) in [5, 5.41) is 2.24. The summed E-state index contributed by atoms with van der Waals surface area (Å²) in [5.41, 5.74) is 1.05. The summed E-state index contributed by atoms with van der Waals surface area (Å²) in [6.07, 6.45) is 0. The summed E-state index contributed by atoms with van der Waals surface area (Å²) in [7, 11) is 1.67. The Balaban J connectivity index is 1.84. The molecule has 3 rings (SSSR count). The fourth-order valence-electron chi connectivity index (χ4n) is 2.84. The van der Waals surface area contributed by atoms with Crippen LogP contribution in [-0.4, -0.2) is 44.2 Å². The number of morpholine rings is 1. The van der Waals surface area contributed by atoms with Crippen molar-refractivity contribution in [3.05, 3.63) is 42.0 Å². The van der Waals surface area contributed by atoms with Crippen LogP contribution < -0.4 is 4.74 Å². The number of hydrogen-bond acceptors (Lipinski definition) is 3. The maximum Gasteiger partial charge on any atom is 0.229 e. The van der Waals surface area contributed by atoms with Gasteiger partial charge in [-0.1, -0.05) is 24.3 Å². The van der Waals surface area contributed by atoms with Crippen LogP contribution in [0.25, 0.3) is 10.8 Å². The zero-order valence-corrected chi connectivity index (χ0v) is 13.0. The first-order valence-corrected chi connectivity index (χ1v) is 7.63. The van der Waals surface area contributed by atoms with Gasteiger partial charge in [0.05, 0.1) is 26.2 Å². The van der Waals surface area contributed by atoms with E-state index in [1.807, 2.05) is 36.1 Å². The number of carbonyl (C=O) groups is 1. The number of amides is 1. The predicted molar refractivity (Wildman–Crippen MR) is 86.3 cm³/mol. The van der Waals surface area contributed by atoms with Gasteiger partial charge in [0.15, 0.2) is 0 Å². The van der Waals surface area contributed by atoms with Crippen LogP contribution in [0.15, 0.2) is 36.4 Å². The average Bonchev–Trinajstić information content (AvgIpc) is 2.60. The minimum absolute atomic E-state index is 0.135. The first-order chi connectivity index (χ1) is 10.7. The molecule has 1 atom stereocenters. The van der Waals surface area contributed by atoms with Crippen molar-refractivity contribution in [2.45, 2.75) is 12.8 Å². The Kier molecular flexibility index (Phi) is 4.29. The van der Waals surface area contributed by atoms with Gasteiger partial charge in [-0.05, 0) is 35.4 Å². The van der Waals surface area contributed by atoms with Gasteiger partial charge in [-0.3, -0.25) is 4.79 Å². The summed E-state index contributed by atoms with van der Waals surface area (Å²) >= 11 is 0. The molecule has 0 aliphatic carbocycles. The van der Waals surface area contributed by atoms with Crippen molar-refractivity contribution in [3.8, 4) is 5.75 Å². The third-order valence-corrected chi connectivity index (χ3v) is 4.26. The zero-order chi connectivity index (χ0) is 15.5. The number of benzene rings is 2. The number of rotatable bonds is 3. The fourth-order valence-corrected chi connectivity index (χ4v) is 2.84. The highest BCUT2D eigenvalue weighted by Crippen LogP contribution is 2.26. The number of methoxy groups -OCH3 is 1. The Bertz CT molecular complexity index is 677. The van der Waals surface area contributed by atoms with E-state index in [-0.39, 0.29) is 11.8 Å². The Hall–Kier alpha value is -2.07. The molecule has 0 N–H and O–H groups in total. The Labute approximate surface area is 130 Å². The highest BCUT2D eigenvalue weighted by atomic mass is 16.5. The Morgan fingerprint density at radius 1 is 1.14 bits per heavy atom. The van der Waals surface area contributed by atoms with Crippen LogP contribution in [0.4, 0.5) is 0 Å². The van der Waals surface area contributed by atoms with Crippen molar-refractivity contribution < 1.29 is 14.3 Å². The van der Waals surface area contributed by atoms with Crippen LogP contribution in [0.5, 0.6) is 5.75 Å². The molecule has 4 nitrogen and oxygen atoms in total. The summed E-state index contributed by atoms with van der Waals surface area (Å²) < 4.78 is 10.6. The second kappa shape index (κ2) is 6.36. The Morgan fingerprint density at radius 3 is 2.55 bits per heavy atom. The highest BCUT2D eigenvalue weighted by Gasteiger charge is 2.23. The number of hydrogen-bond donors (Lipinski definition) is 0. The van der Waals surface area contributed by atoms with Crippen LogP contribution in [0.2, 0.25) is 0 Å². The lowest BCUT2D eigenvalue weighted by Crippen LogP contribution is -2.42. The predicted octanol–water partition coefficient (Wildman–Crippen LogP) is 2.81. The molecule has 0 spiro atoms. The van der Waals surface area contributed by atoms with Crippen molar-refractivity contribution in [2.75, 3.05) is 33.4 Å². The lowest BCUT2D eigenvalue weighted by molar-refractivity contribution is -0.136. The van der Waals surface area contributed by atoms with Gasteiger partial charge < -0.3 is 14.4 Å². The third kappa shape index (κ3) is 2.92. The minimum atomic E-state index is -0.135. The first-order valence-electron chi connectivity index (χ1n) is 7.63. The molecular formula is C18H21NO3. The van der Waals surface area contributed by atoms with Gasteiger partial charge in [-0.15, -0.1) is 0 Å². The molecule has 116 valence electrons. The van der Waals surface area contributed by atoms with E-state index in [2.05, 4.69) is 12.1 Å². The number of ether oxygens (including phenoxy) is 2. The van der Waals surface area contributed by atoms with Crippen molar-refractivity contribution in [3.63, 3.8) is 0 Å². The van der Waals surface area contributed by atoms with Crippen LogP contribution in [-0.2, 0) is 9.53 Å². The number of carbonyl (C=O) groups excluding carboxylic acids is 1. The van der Waals surface area contributed by atoms with E-state index in [0.717, 1.165) is 22.1 Å². The maximum absolute atomic E-state index is 12.6. The molecule has 2 aromatic rings. The lowest BCUT2D eigenvalue weighted by Gasteiger charge is -2.29. The van der Waals surface area contributed by atoms with Crippen molar-refractivity contribution in [2.24, 2.45) is 0 Å². The molecule has 0 radical (unpaired) electrons. The number of nitrogens with zero attached hydrogens (tertiary/aromatic N) is 1. The molecule has 1 fully saturated rings. The SMILES string of the molecule is COc1ccc2cc([C@H](C)C(=O)N3CCOCC3)ccc2c1. The lowest BCUT2D eigenvalue weighted by atomic mass is 9.96. The largest absolute Gasteiger partial charge is 0.497 e. The van der Waals surface area contributed by atoms with E-state index >= 15 is 0 Å². The van der Waals surface area contributed by atoms with Gasteiger partial charge in [0.2, 0.25) is 5.91 Å². The normalized spacial score (nSPS) is 16.5. The molecule has 1 saturated heterocycles. The topological polar surface area (TPSA) is 38.8 Å². The molecule has 22 heavy (non-hydrogen) atoms. The van der Waals surface area contributed by atoms with E-state index in [1.165, 1.54) is 0 Å². The van der Waals surface area contributed by atoms with E-state index in [0.29, 0.717) is 26.3 Å². The van der Waals surface area contributed by atoms with E-state index < -0.39 is 0 Å². The highest BCUT2D eigenvalue weighted by molar-refractivity contribution is 5.88. The van der Waals surface area contributed by atoms with Gasteiger partial charge in [0.1, 0.15) is 5.75 Å². The molecule has 0 saturated carbocycles. The Morgan fingerprint density at radius 2 is 1.82 bits per heavy atom. The van der Waals surface area contributed by atoms with Crippen LogP contribution >= 0.6 is 0 Å². The molecule has 1 heterocycles. The molecule has 0 bridgehead atoms. The van der Waals surface area contributed by atoms with Crippen molar-refractivity contribution >= 4 is 16.7 Å². The van der Waals surface area contributed by atoms with Gasteiger partial charge in [-0.25, -0.2) is 0 Å². The molecule has 1 aliphatic rings. The van der Waals surface area contributed by atoms with Gasteiger partial charge >= 0.3 is 0 Å². The van der Waals surface area contributed by atoms with E-state index in [4.69, 9.17) is 9.47 Å². The smallest absolute Gasteiger partial charge is 0.229 e. The van der Waals surface area contributed by atoms with Crippen molar-refractivity contribution in [1.82, 2.24) is 4.90 Å². The second-order valence-electron chi connectivity index (χ2n) is 5.63. The van der Waals surface area contributed by atoms with E-state index in [9.17, 15) is 4.79 Å². The molecular weight excluding hydrogens is 278 g/mol. The molecule has 1 aliphatic heterocycles. The van der Waals surface area contributed by atoms with Crippen LogP contribution in [0, 0.1) is 0 Å². The molecule has 0 aromatic heterocycles. The van der Waals surface area contributed by atoms with E-state index in [1.54, 1.807) is 7.11 Å². The average molecular weight is 299 g/mol. The van der Waals surface area contributed by atoms with Crippen molar-refractivity contribution in [1.29, 1.82) is 0 Å². The summed E-state index contributed by atoms with van der Waals surface area (Å²) in [6, 6.07) is 12.2. The zero-order valence-electron chi connectivity index (χ0n) is 13.0. The monoisotopic (exact) mass is 299 g/mol. The quantitative estimate of drug-likeness (QED) is 0.875. The summed E-state index contributed by atoms with van der Waals surface area (Å²) in [5.74, 6) is 0.887. The van der Waals surface area contributed by atoms with Crippen LogP contribution in [0.3, 0.4) is 0 Å². The molecule has 4 heteroatoms. The third-order valence-electron chi connectivity index (χ3n) is 4.26. The number of fused-ring (bicyclic) bond motifs is 1. The van der Waals surface area contributed by atoms with Crippen LogP contribution in [0.1, 0.15) is 18.4 Å². The molecule has 1 amide bonds. The maximum atomic E-state index is 12.6. The second-order valence-corrected chi connectivity index (χ2v) is 5.63.